The molecule has 1 aromatic heterocycles. The number of hydrogen-bond donors (Lipinski definition) is 2. The monoisotopic (exact) mass is 273 g/mol. The van der Waals surface area contributed by atoms with Crippen LogP contribution in [0.25, 0.3) is 22.2 Å². The van der Waals surface area contributed by atoms with Crippen molar-refractivity contribution in [3.8, 4) is 23.6 Å². The minimum atomic E-state index is 0.682. The number of nitriles is 2. The van der Waals surface area contributed by atoms with Crippen LogP contribution in [0.2, 0.25) is 0 Å². The van der Waals surface area contributed by atoms with Gasteiger partial charge in [-0.3, -0.25) is 5.32 Å². The number of nitrogens with one attached hydrogen (secondary N) is 2. The molecule has 3 aromatic rings. The molecule has 0 aliphatic heterocycles. The first kappa shape index (κ1) is 12.6. The van der Waals surface area contributed by atoms with E-state index >= 15 is 0 Å². The topological polar surface area (TPSA) is 76.6 Å². The van der Waals surface area contributed by atoms with Gasteiger partial charge >= 0.3 is 0 Å². The predicted octanol–water partition coefficient (Wildman–Crippen LogP) is 3.23. The van der Waals surface area contributed by atoms with Crippen molar-refractivity contribution >= 4 is 16.6 Å². The molecule has 100 valence electrons. The second-order valence-corrected chi connectivity index (χ2v) is 4.40. The van der Waals surface area contributed by atoms with Gasteiger partial charge in [0.2, 0.25) is 0 Å². The highest BCUT2D eigenvalue weighted by atomic mass is 15.4. The summed E-state index contributed by atoms with van der Waals surface area (Å²) in [7, 11) is 0. The Bertz CT molecular complexity index is 812. The second-order valence-electron chi connectivity index (χ2n) is 4.40. The van der Waals surface area contributed by atoms with Crippen molar-refractivity contribution in [2.75, 3.05) is 10.7 Å². The molecule has 1 heterocycles. The Kier molecular flexibility index (Phi) is 3.16. The van der Waals surface area contributed by atoms with Crippen LogP contribution in [0.5, 0.6) is 0 Å². The van der Waals surface area contributed by atoms with E-state index in [-0.39, 0.29) is 0 Å². The molecule has 5 heteroatoms. The highest BCUT2D eigenvalue weighted by Crippen LogP contribution is 2.37. The van der Waals surface area contributed by atoms with Crippen molar-refractivity contribution < 1.29 is 0 Å². The minimum Gasteiger partial charge on any atom is -0.290 e. The van der Waals surface area contributed by atoms with Gasteiger partial charge in [0.25, 0.3) is 0 Å². The fourth-order valence-electron chi connectivity index (χ4n) is 2.46. The van der Waals surface area contributed by atoms with Gasteiger partial charge in [-0.25, -0.2) is 10.1 Å². The molecular formula is C16H11N5. The largest absolute Gasteiger partial charge is 0.290 e. The summed E-state index contributed by atoms with van der Waals surface area (Å²) in [6.45, 7) is 0. The molecule has 3 rings (SSSR count). The minimum absolute atomic E-state index is 0.682. The standard InChI is InChI=1S/C16H11N5/c17-10-19-15-13-8-4-5-9-14(13)21(20-11-18)16(15)12-6-2-1-3-7-12/h1-9,19-20H. The van der Waals surface area contributed by atoms with Crippen LogP contribution in [0.15, 0.2) is 54.6 Å². The summed E-state index contributed by atoms with van der Waals surface area (Å²) >= 11 is 0. The van der Waals surface area contributed by atoms with Crippen molar-refractivity contribution in [3.05, 3.63) is 54.6 Å². The maximum absolute atomic E-state index is 9.03. The molecular weight excluding hydrogens is 262 g/mol. The third-order valence-corrected chi connectivity index (χ3v) is 3.26. The van der Waals surface area contributed by atoms with E-state index in [4.69, 9.17) is 10.5 Å². The van der Waals surface area contributed by atoms with Crippen LogP contribution in [0, 0.1) is 22.9 Å². The third kappa shape index (κ3) is 2.03. The van der Waals surface area contributed by atoms with Gasteiger partial charge in [0, 0.05) is 10.9 Å². The molecule has 0 aliphatic rings. The van der Waals surface area contributed by atoms with Gasteiger partial charge in [0.15, 0.2) is 12.4 Å². The molecule has 2 aromatic carbocycles. The van der Waals surface area contributed by atoms with Gasteiger partial charge in [-0.15, -0.1) is 0 Å². The highest BCUT2D eigenvalue weighted by Gasteiger charge is 2.18. The Hall–Kier alpha value is -3.44. The average Bonchev–Trinajstić information content (AvgIpc) is 2.84. The summed E-state index contributed by atoms with van der Waals surface area (Å²) in [6.07, 6.45) is 3.91. The summed E-state index contributed by atoms with van der Waals surface area (Å²) in [5, 5.41) is 21.7. The van der Waals surface area contributed by atoms with Gasteiger partial charge in [-0.05, 0) is 6.07 Å². The average molecular weight is 273 g/mol. The zero-order valence-electron chi connectivity index (χ0n) is 11.0. The zero-order valence-corrected chi connectivity index (χ0v) is 11.0. The lowest BCUT2D eigenvalue weighted by Gasteiger charge is -2.09. The molecule has 2 N–H and O–H groups in total. The van der Waals surface area contributed by atoms with E-state index in [2.05, 4.69) is 10.7 Å². The molecule has 0 fully saturated rings. The molecule has 0 saturated heterocycles. The summed E-state index contributed by atoms with van der Waals surface area (Å²) in [4.78, 5) is 0. The van der Waals surface area contributed by atoms with Crippen LogP contribution < -0.4 is 10.7 Å². The lowest BCUT2D eigenvalue weighted by Crippen LogP contribution is -2.09. The third-order valence-electron chi connectivity index (χ3n) is 3.26. The van der Waals surface area contributed by atoms with E-state index in [0.717, 1.165) is 22.2 Å². The Labute approximate surface area is 121 Å². The van der Waals surface area contributed by atoms with Gasteiger partial charge in [-0.1, -0.05) is 48.5 Å². The predicted molar refractivity (Wildman–Crippen MR) is 81.6 cm³/mol. The number of hydrogen-bond acceptors (Lipinski definition) is 4. The fraction of sp³-hybridized carbons (Fsp3) is 0. The van der Waals surface area contributed by atoms with Gasteiger partial charge in [0.05, 0.1) is 16.9 Å². The van der Waals surface area contributed by atoms with Crippen LogP contribution in [0.3, 0.4) is 0 Å². The zero-order chi connectivity index (χ0) is 14.7. The number of anilines is 1. The van der Waals surface area contributed by atoms with E-state index in [0.29, 0.717) is 5.69 Å². The molecule has 5 nitrogen and oxygen atoms in total. The summed E-state index contributed by atoms with van der Waals surface area (Å²) in [5.41, 5.74) is 5.84. The van der Waals surface area contributed by atoms with E-state index in [1.54, 1.807) is 4.68 Å². The smallest absolute Gasteiger partial charge is 0.197 e. The SMILES string of the molecule is N#CNc1c(-c2ccccc2)n(NC#N)c2ccccc12. The molecule has 0 amide bonds. The lowest BCUT2D eigenvalue weighted by molar-refractivity contribution is 1.02. The number of benzene rings is 2. The molecule has 0 unspecified atom stereocenters. The number of aromatic nitrogens is 1. The Morgan fingerprint density at radius 1 is 0.857 bits per heavy atom. The second kappa shape index (κ2) is 5.28. The number of fused-ring (bicyclic) bond motifs is 1. The molecule has 0 atom stereocenters. The van der Waals surface area contributed by atoms with Crippen LogP contribution in [-0.4, -0.2) is 4.68 Å². The highest BCUT2D eigenvalue weighted by molar-refractivity contribution is 6.02. The van der Waals surface area contributed by atoms with Crippen molar-refractivity contribution in [2.24, 2.45) is 0 Å². The van der Waals surface area contributed by atoms with Crippen LogP contribution >= 0.6 is 0 Å². The Balaban J connectivity index is 2.40. The maximum Gasteiger partial charge on any atom is 0.197 e. The van der Waals surface area contributed by atoms with Crippen LogP contribution in [0.4, 0.5) is 5.69 Å². The normalized spacial score (nSPS) is 9.81. The first-order valence-electron chi connectivity index (χ1n) is 6.36. The summed E-state index contributed by atoms with van der Waals surface area (Å²) < 4.78 is 1.68. The van der Waals surface area contributed by atoms with Gasteiger partial charge in [-0.2, -0.15) is 10.5 Å². The van der Waals surface area contributed by atoms with E-state index in [9.17, 15) is 0 Å². The van der Waals surface area contributed by atoms with Crippen molar-refractivity contribution in [3.63, 3.8) is 0 Å². The van der Waals surface area contributed by atoms with E-state index < -0.39 is 0 Å². The molecule has 21 heavy (non-hydrogen) atoms. The van der Waals surface area contributed by atoms with E-state index in [1.165, 1.54) is 0 Å². The van der Waals surface area contributed by atoms with Gasteiger partial charge < -0.3 is 0 Å². The fourth-order valence-corrected chi connectivity index (χ4v) is 2.46. The Morgan fingerprint density at radius 3 is 2.29 bits per heavy atom. The quantitative estimate of drug-likeness (QED) is 0.567. The first-order chi connectivity index (χ1) is 10.4. The number of para-hydroxylation sites is 1. The van der Waals surface area contributed by atoms with Gasteiger partial charge in [0.1, 0.15) is 0 Å². The number of nitrogens with zero attached hydrogens (tertiary/aromatic N) is 3. The first-order valence-corrected chi connectivity index (χ1v) is 6.36. The van der Waals surface area contributed by atoms with Crippen LogP contribution in [0.1, 0.15) is 0 Å². The lowest BCUT2D eigenvalue weighted by atomic mass is 10.1. The summed E-state index contributed by atoms with van der Waals surface area (Å²) in [5.74, 6) is 0. The van der Waals surface area contributed by atoms with E-state index in [1.807, 2.05) is 67.0 Å². The van der Waals surface area contributed by atoms with Crippen molar-refractivity contribution in [1.82, 2.24) is 4.68 Å². The molecule has 0 spiro atoms. The number of rotatable bonds is 3. The maximum atomic E-state index is 9.03. The van der Waals surface area contributed by atoms with Crippen LogP contribution in [-0.2, 0) is 0 Å². The van der Waals surface area contributed by atoms with Crippen molar-refractivity contribution in [1.29, 1.82) is 10.5 Å². The molecule has 0 aliphatic carbocycles. The molecule has 0 saturated carbocycles. The summed E-state index contributed by atoms with van der Waals surface area (Å²) in [6, 6.07) is 17.2. The van der Waals surface area contributed by atoms with Crippen molar-refractivity contribution in [2.45, 2.75) is 0 Å². The molecule has 0 bridgehead atoms. The Morgan fingerprint density at radius 2 is 1.57 bits per heavy atom. The molecule has 0 radical (unpaired) electrons.